The van der Waals surface area contributed by atoms with E-state index < -0.39 is 0 Å². The Labute approximate surface area is 62.4 Å². The number of aromatic hydroxyl groups is 1. The lowest BCUT2D eigenvalue weighted by atomic mass is 10.3. The average molecular weight is 158 g/mol. The van der Waals surface area contributed by atoms with Crippen LogP contribution in [0.1, 0.15) is 0 Å². The SMILES string of the molecule is OOSc1ccccc1O. The largest absolute Gasteiger partial charge is 0.507 e. The van der Waals surface area contributed by atoms with Crippen LogP contribution in [-0.2, 0) is 4.33 Å². The summed E-state index contributed by atoms with van der Waals surface area (Å²) in [5.74, 6) is 0.0987. The van der Waals surface area contributed by atoms with Gasteiger partial charge in [0.2, 0.25) is 0 Å². The summed E-state index contributed by atoms with van der Waals surface area (Å²) in [4.78, 5) is 0.491. The van der Waals surface area contributed by atoms with E-state index in [1.54, 1.807) is 18.2 Å². The first-order valence-electron chi connectivity index (χ1n) is 2.60. The van der Waals surface area contributed by atoms with Crippen LogP contribution >= 0.6 is 12.0 Å². The minimum Gasteiger partial charge on any atom is -0.507 e. The average Bonchev–Trinajstić information content (AvgIpc) is 1.94. The lowest BCUT2D eigenvalue weighted by Crippen LogP contribution is -1.72. The highest BCUT2D eigenvalue weighted by molar-refractivity contribution is 7.94. The third kappa shape index (κ3) is 1.63. The van der Waals surface area contributed by atoms with E-state index in [9.17, 15) is 0 Å². The molecule has 4 heteroatoms. The molecule has 54 valence electrons. The maximum Gasteiger partial charge on any atom is 0.131 e. The van der Waals surface area contributed by atoms with Crippen LogP contribution in [0.5, 0.6) is 5.75 Å². The highest BCUT2D eigenvalue weighted by Gasteiger charge is 1.98. The second-order valence-corrected chi connectivity index (χ2v) is 2.38. The first-order chi connectivity index (χ1) is 4.84. The highest BCUT2D eigenvalue weighted by Crippen LogP contribution is 2.27. The highest BCUT2D eigenvalue weighted by atomic mass is 32.2. The van der Waals surface area contributed by atoms with E-state index in [2.05, 4.69) is 4.33 Å². The molecule has 3 nitrogen and oxygen atoms in total. The molecule has 0 aromatic heterocycles. The Morgan fingerprint density at radius 3 is 2.60 bits per heavy atom. The maximum atomic E-state index is 9.03. The van der Waals surface area contributed by atoms with Gasteiger partial charge in [0.25, 0.3) is 0 Å². The number of benzene rings is 1. The van der Waals surface area contributed by atoms with E-state index in [0.29, 0.717) is 16.9 Å². The molecule has 0 bridgehead atoms. The number of hydrogen-bond donors (Lipinski definition) is 2. The van der Waals surface area contributed by atoms with E-state index in [-0.39, 0.29) is 5.75 Å². The summed E-state index contributed by atoms with van der Waals surface area (Å²) in [5, 5.41) is 17.0. The van der Waals surface area contributed by atoms with Crippen molar-refractivity contribution in [3.05, 3.63) is 24.3 Å². The molecule has 0 saturated carbocycles. The number of para-hydroxylation sites is 1. The Bertz CT molecular complexity index is 214. The molecule has 1 aromatic rings. The predicted octanol–water partition coefficient (Wildman–Crippen LogP) is 1.89. The van der Waals surface area contributed by atoms with E-state index in [1.807, 2.05) is 0 Å². The molecule has 0 heterocycles. The third-order valence-corrected chi connectivity index (χ3v) is 1.59. The molecule has 1 rings (SSSR count). The monoisotopic (exact) mass is 158 g/mol. The quantitative estimate of drug-likeness (QED) is 0.392. The predicted molar refractivity (Wildman–Crippen MR) is 37.7 cm³/mol. The van der Waals surface area contributed by atoms with Crippen molar-refractivity contribution in [1.82, 2.24) is 0 Å². The molecule has 0 unspecified atom stereocenters. The van der Waals surface area contributed by atoms with Gasteiger partial charge in [0.1, 0.15) is 5.75 Å². The molecule has 0 aliphatic rings. The van der Waals surface area contributed by atoms with Crippen LogP contribution in [0.4, 0.5) is 0 Å². The van der Waals surface area contributed by atoms with Crippen molar-refractivity contribution in [2.24, 2.45) is 0 Å². The van der Waals surface area contributed by atoms with Crippen molar-refractivity contribution in [3.8, 4) is 5.75 Å². The molecule has 0 spiro atoms. The van der Waals surface area contributed by atoms with Crippen molar-refractivity contribution in [2.75, 3.05) is 0 Å². The summed E-state index contributed by atoms with van der Waals surface area (Å²) in [7, 11) is 0. The molecule has 0 fully saturated rings. The maximum absolute atomic E-state index is 9.03. The van der Waals surface area contributed by atoms with E-state index in [1.165, 1.54) is 6.07 Å². The summed E-state index contributed by atoms with van der Waals surface area (Å²) >= 11 is 0.707. The van der Waals surface area contributed by atoms with Gasteiger partial charge in [-0.1, -0.05) is 12.1 Å². The lowest BCUT2D eigenvalue weighted by Gasteiger charge is -1.97. The molecule has 0 aliphatic carbocycles. The van der Waals surface area contributed by atoms with Gasteiger partial charge in [-0.15, -0.1) is 0 Å². The van der Waals surface area contributed by atoms with Crippen LogP contribution in [-0.4, -0.2) is 10.4 Å². The van der Waals surface area contributed by atoms with Crippen molar-refractivity contribution in [1.29, 1.82) is 0 Å². The van der Waals surface area contributed by atoms with Crippen molar-refractivity contribution in [3.63, 3.8) is 0 Å². The van der Waals surface area contributed by atoms with Gasteiger partial charge in [-0.25, -0.2) is 5.26 Å². The van der Waals surface area contributed by atoms with Gasteiger partial charge >= 0.3 is 0 Å². The Balaban J connectivity index is 2.81. The second-order valence-electron chi connectivity index (χ2n) is 1.63. The number of hydrogen-bond acceptors (Lipinski definition) is 4. The molecular weight excluding hydrogens is 152 g/mol. The Hall–Kier alpha value is -0.710. The molecule has 0 radical (unpaired) electrons. The van der Waals surface area contributed by atoms with Crippen LogP contribution in [0.25, 0.3) is 0 Å². The van der Waals surface area contributed by atoms with Crippen LogP contribution in [0.3, 0.4) is 0 Å². The Morgan fingerprint density at radius 2 is 2.00 bits per heavy atom. The summed E-state index contributed by atoms with van der Waals surface area (Å²) in [6.07, 6.45) is 0. The Kier molecular flexibility index (Phi) is 2.56. The molecule has 0 aliphatic heterocycles. The molecule has 0 amide bonds. The molecule has 1 aromatic carbocycles. The van der Waals surface area contributed by atoms with Gasteiger partial charge in [0.05, 0.1) is 16.9 Å². The zero-order chi connectivity index (χ0) is 7.40. The second kappa shape index (κ2) is 3.46. The smallest absolute Gasteiger partial charge is 0.131 e. The number of phenols is 1. The minimum absolute atomic E-state index is 0.0987. The van der Waals surface area contributed by atoms with Crippen LogP contribution in [0, 0.1) is 0 Å². The summed E-state index contributed by atoms with van der Waals surface area (Å²) < 4.78 is 3.77. The molecule has 0 saturated heterocycles. The third-order valence-electron chi connectivity index (χ3n) is 0.992. The fourth-order valence-corrected chi connectivity index (χ4v) is 0.936. The summed E-state index contributed by atoms with van der Waals surface area (Å²) in [6.45, 7) is 0. The fourth-order valence-electron chi connectivity index (χ4n) is 0.568. The van der Waals surface area contributed by atoms with Gasteiger partial charge in [-0.3, -0.25) is 0 Å². The molecular formula is C6H6O3S. The zero-order valence-electron chi connectivity index (χ0n) is 5.02. The van der Waals surface area contributed by atoms with Crippen LogP contribution in [0.2, 0.25) is 0 Å². The van der Waals surface area contributed by atoms with Gasteiger partial charge in [-0.05, 0) is 12.1 Å². The molecule has 0 atom stereocenters. The Morgan fingerprint density at radius 1 is 1.30 bits per heavy atom. The number of phenolic OH excluding ortho intramolecular Hbond substituents is 1. The summed E-state index contributed by atoms with van der Waals surface area (Å²) in [6, 6.07) is 6.58. The normalized spacial score (nSPS) is 9.70. The van der Waals surface area contributed by atoms with Crippen molar-refractivity contribution in [2.45, 2.75) is 4.90 Å². The lowest BCUT2D eigenvalue weighted by molar-refractivity contribution is -0.116. The van der Waals surface area contributed by atoms with Gasteiger partial charge in [0.15, 0.2) is 0 Å². The minimum atomic E-state index is 0.0987. The van der Waals surface area contributed by atoms with E-state index in [0.717, 1.165) is 0 Å². The van der Waals surface area contributed by atoms with E-state index >= 15 is 0 Å². The fraction of sp³-hybridized carbons (Fsp3) is 0. The standard InChI is InChI=1S/C6H6O3S/c7-5-3-1-2-4-6(5)10-9-8/h1-4,7-8H. The van der Waals surface area contributed by atoms with Crippen LogP contribution in [0.15, 0.2) is 29.2 Å². The zero-order valence-corrected chi connectivity index (χ0v) is 5.84. The van der Waals surface area contributed by atoms with E-state index in [4.69, 9.17) is 10.4 Å². The first-order valence-corrected chi connectivity index (χ1v) is 3.35. The van der Waals surface area contributed by atoms with Gasteiger partial charge in [0, 0.05) is 0 Å². The number of rotatable bonds is 2. The van der Waals surface area contributed by atoms with Crippen LogP contribution < -0.4 is 0 Å². The van der Waals surface area contributed by atoms with Crippen molar-refractivity contribution < 1.29 is 14.7 Å². The van der Waals surface area contributed by atoms with Gasteiger partial charge in [-0.2, -0.15) is 4.33 Å². The summed E-state index contributed by atoms with van der Waals surface area (Å²) in [5.41, 5.74) is 0. The van der Waals surface area contributed by atoms with Gasteiger partial charge < -0.3 is 5.11 Å². The van der Waals surface area contributed by atoms with Crippen molar-refractivity contribution >= 4 is 12.0 Å². The topological polar surface area (TPSA) is 49.7 Å². The first kappa shape index (κ1) is 7.40. The molecule has 2 N–H and O–H groups in total. The molecule has 10 heavy (non-hydrogen) atoms.